The van der Waals surface area contributed by atoms with Crippen LogP contribution in [0, 0.1) is 6.92 Å². The first-order chi connectivity index (χ1) is 12.9. The fourth-order valence-corrected chi connectivity index (χ4v) is 3.76. The van der Waals surface area contributed by atoms with Crippen molar-refractivity contribution >= 4 is 17.5 Å². The Morgan fingerprint density at radius 2 is 1.85 bits per heavy atom. The Kier molecular flexibility index (Phi) is 6.51. The van der Waals surface area contributed by atoms with Crippen LogP contribution in [0.1, 0.15) is 59.9 Å². The number of likely N-dealkylation sites (tertiary alicyclic amines) is 1. The van der Waals surface area contributed by atoms with E-state index in [0.29, 0.717) is 5.92 Å². The van der Waals surface area contributed by atoms with Crippen molar-refractivity contribution in [3.8, 4) is 0 Å². The second-order valence-corrected chi connectivity index (χ2v) is 8.13. The number of aryl methyl sites for hydroxylation is 1. The number of carbonyl (C=O) groups is 1. The Bertz CT molecular complexity index is 781. The second kappa shape index (κ2) is 8.85. The van der Waals surface area contributed by atoms with E-state index in [1.165, 1.54) is 5.56 Å². The van der Waals surface area contributed by atoms with E-state index in [1.54, 1.807) is 0 Å². The number of hydrogen-bond acceptors (Lipinski definition) is 3. The summed E-state index contributed by atoms with van der Waals surface area (Å²) in [5.74, 6) is 0.315. The van der Waals surface area contributed by atoms with Gasteiger partial charge in [0, 0.05) is 29.2 Å². The van der Waals surface area contributed by atoms with Gasteiger partial charge in [-0.15, -0.1) is 0 Å². The molecule has 144 valence electrons. The van der Waals surface area contributed by atoms with E-state index in [9.17, 15) is 4.79 Å². The molecule has 2 aromatic rings. The van der Waals surface area contributed by atoms with Crippen molar-refractivity contribution in [2.24, 2.45) is 0 Å². The SMILES string of the molecule is Cc1ccc(C(=O)NC(C)C)c(C2CCN(Cc3ccc(Cl)cc3)CC2)n1. The smallest absolute Gasteiger partial charge is 0.253 e. The monoisotopic (exact) mass is 385 g/mol. The minimum atomic E-state index is -0.0175. The molecule has 1 amide bonds. The van der Waals surface area contributed by atoms with Gasteiger partial charge in [0.25, 0.3) is 5.91 Å². The summed E-state index contributed by atoms with van der Waals surface area (Å²) in [6, 6.07) is 12.0. The highest BCUT2D eigenvalue weighted by atomic mass is 35.5. The Balaban J connectivity index is 1.67. The maximum Gasteiger partial charge on any atom is 0.253 e. The molecular weight excluding hydrogens is 358 g/mol. The van der Waals surface area contributed by atoms with Crippen LogP contribution < -0.4 is 5.32 Å². The maximum atomic E-state index is 12.6. The van der Waals surface area contributed by atoms with E-state index in [0.717, 1.165) is 54.4 Å². The fraction of sp³-hybridized carbons (Fsp3) is 0.455. The first-order valence-corrected chi connectivity index (χ1v) is 10.1. The zero-order chi connectivity index (χ0) is 19.4. The van der Waals surface area contributed by atoms with E-state index in [2.05, 4.69) is 22.3 Å². The lowest BCUT2D eigenvalue weighted by atomic mass is 9.89. The molecule has 0 aliphatic carbocycles. The number of benzene rings is 1. The van der Waals surface area contributed by atoms with E-state index in [1.807, 2.05) is 45.0 Å². The molecule has 2 heterocycles. The van der Waals surface area contributed by atoms with E-state index >= 15 is 0 Å². The molecule has 1 aromatic carbocycles. The van der Waals surface area contributed by atoms with Crippen LogP contribution in [-0.2, 0) is 6.54 Å². The van der Waals surface area contributed by atoms with Crippen LogP contribution in [0.3, 0.4) is 0 Å². The van der Waals surface area contributed by atoms with E-state index < -0.39 is 0 Å². The van der Waals surface area contributed by atoms with Crippen molar-refractivity contribution in [1.82, 2.24) is 15.2 Å². The molecule has 0 bridgehead atoms. The zero-order valence-corrected chi connectivity index (χ0v) is 17.1. The van der Waals surface area contributed by atoms with Gasteiger partial charge in [-0.1, -0.05) is 23.7 Å². The predicted molar refractivity (Wildman–Crippen MR) is 110 cm³/mol. The van der Waals surface area contributed by atoms with Crippen LogP contribution in [0.4, 0.5) is 0 Å². The molecule has 3 rings (SSSR count). The third-order valence-electron chi connectivity index (χ3n) is 5.02. The van der Waals surface area contributed by atoms with Crippen LogP contribution in [0.2, 0.25) is 5.02 Å². The molecule has 1 aliphatic heterocycles. The maximum absolute atomic E-state index is 12.6. The predicted octanol–water partition coefficient (Wildman–Crippen LogP) is 4.56. The minimum absolute atomic E-state index is 0.0175. The summed E-state index contributed by atoms with van der Waals surface area (Å²) in [6.07, 6.45) is 2.04. The molecule has 0 unspecified atom stereocenters. The van der Waals surface area contributed by atoms with Gasteiger partial charge in [0.05, 0.1) is 11.3 Å². The summed E-state index contributed by atoms with van der Waals surface area (Å²) < 4.78 is 0. The third-order valence-corrected chi connectivity index (χ3v) is 5.27. The van der Waals surface area contributed by atoms with Crippen LogP contribution in [0.15, 0.2) is 36.4 Å². The lowest BCUT2D eigenvalue weighted by Gasteiger charge is -2.32. The summed E-state index contributed by atoms with van der Waals surface area (Å²) in [7, 11) is 0. The quantitative estimate of drug-likeness (QED) is 0.820. The third kappa shape index (κ3) is 5.30. The Labute approximate surface area is 166 Å². The van der Waals surface area contributed by atoms with Crippen LogP contribution >= 0.6 is 11.6 Å². The molecule has 4 nitrogen and oxygen atoms in total. The zero-order valence-electron chi connectivity index (χ0n) is 16.3. The first-order valence-electron chi connectivity index (χ1n) is 9.67. The van der Waals surface area contributed by atoms with Crippen LogP contribution in [0.5, 0.6) is 0 Å². The molecule has 1 aliphatic rings. The number of amides is 1. The summed E-state index contributed by atoms with van der Waals surface area (Å²) in [5.41, 5.74) is 3.93. The topological polar surface area (TPSA) is 45.2 Å². The number of hydrogen-bond donors (Lipinski definition) is 1. The van der Waals surface area contributed by atoms with Gasteiger partial charge in [0.2, 0.25) is 0 Å². The van der Waals surface area contributed by atoms with Gasteiger partial charge in [0.15, 0.2) is 0 Å². The minimum Gasteiger partial charge on any atom is -0.350 e. The summed E-state index contributed by atoms with van der Waals surface area (Å²) in [6.45, 7) is 8.90. The molecule has 0 saturated carbocycles. The molecule has 5 heteroatoms. The Morgan fingerprint density at radius 3 is 2.48 bits per heavy atom. The van der Waals surface area contributed by atoms with Crippen LogP contribution in [0.25, 0.3) is 0 Å². The highest BCUT2D eigenvalue weighted by Crippen LogP contribution is 2.30. The standard InChI is InChI=1S/C22H28ClN3O/c1-15(2)24-22(27)20-9-4-16(3)25-21(20)18-10-12-26(13-11-18)14-17-5-7-19(23)8-6-17/h4-9,15,18H,10-14H2,1-3H3,(H,24,27). The molecule has 1 aromatic heterocycles. The van der Waals surface area contributed by atoms with Gasteiger partial charge in [-0.25, -0.2) is 0 Å². The normalized spacial score (nSPS) is 15.9. The van der Waals surface area contributed by atoms with Gasteiger partial charge < -0.3 is 5.32 Å². The molecule has 27 heavy (non-hydrogen) atoms. The number of rotatable bonds is 5. The average Bonchev–Trinajstić information content (AvgIpc) is 2.63. The molecule has 1 N–H and O–H groups in total. The van der Waals surface area contributed by atoms with Crippen molar-refractivity contribution in [3.05, 3.63) is 63.9 Å². The molecule has 0 spiro atoms. The molecule has 0 atom stereocenters. The number of aromatic nitrogens is 1. The largest absolute Gasteiger partial charge is 0.350 e. The van der Waals surface area contributed by atoms with E-state index in [-0.39, 0.29) is 11.9 Å². The second-order valence-electron chi connectivity index (χ2n) is 7.69. The summed E-state index contributed by atoms with van der Waals surface area (Å²) >= 11 is 5.97. The van der Waals surface area contributed by atoms with Crippen molar-refractivity contribution in [2.75, 3.05) is 13.1 Å². The lowest BCUT2D eigenvalue weighted by molar-refractivity contribution is 0.0940. The molecule has 1 saturated heterocycles. The van der Waals surface area contributed by atoms with Gasteiger partial charge in [-0.3, -0.25) is 14.7 Å². The first kappa shape index (κ1) is 19.8. The highest BCUT2D eigenvalue weighted by molar-refractivity contribution is 6.30. The number of nitrogens with one attached hydrogen (secondary N) is 1. The number of carbonyl (C=O) groups excluding carboxylic acids is 1. The molecule has 1 fully saturated rings. The summed E-state index contributed by atoms with van der Waals surface area (Å²) in [4.78, 5) is 19.8. The number of piperidine rings is 1. The van der Waals surface area contributed by atoms with Crippen molar-refractivity contribution in [1.29, 1.82) is 0 Å². The van der Waals surface area contributed by atoms with Gasteiger partial charge in [-0.05, 0) is 76.5 Å². The Hall–Kier alpha value is -1.91. The van der Waals surface area contributed by atoms with E-state index in [4.69, 9.17) is 16.6 Å². The van der Waals surface area contributed by atoms with Gasteiger partial charge in [0.1, 0.15) is 0 Å². The molecule has 0 radical (unpaired) electrons. The van der Waals surface area contributed by atoms with Crippen molar-refractivity contribution in [3.63, 3.8) is 0 Å². The highest BCUT2D eigenvalue weighted by Gasteiger charge is 2.26. The van der Waals surface area contributed by atoms with Gasteiger partial charge in [-0.2, -0.15) is 0 Å². The Morgan fingerprint density at radius 1 is 1.19 bits per heavy atom. The summed E-state index contributed by atoms with van der Waals surface area (Å²) in [5, 5.41) is 3.78. The lowest BCUT2D eigenvalue weighted by Crippen LogP contribution is -2.35. The number of pyridine rings is 1. The van der Waals surface area contributed by atoms with Gasteiger partial charge >= 0.3 is 0 Å². The fourth-order valence-electron chi connectivity index (χ4n) is 3.63. The molecular formula is C22H28ClN3O. The van der Waals surface area contributed by atoms with Crippen molar-refractivity contribution in [2.45, 2.75) is 52.1 Å². The van der Waals surface area contributed by atoms with Crippen LogP contribution in [-0.4, -0.2) is 34.9 Å². The number of halogens is 1. The number of nitrogens with zero attached hydrogens (tertiary/aromatic N) is 2. The average molecular weight is 386 g/mol. The van der Waals surface area contributed by atoms with Crippen molar-refractivity contribution < 1.29 is 4.79 Å².